The second-order valence-electron chi connectivity index (χ2n) is 4.44. The Morgan fingerprint density at radius 2 is 1.89 bits per heavy atom. The average Bonchev–Trinajstić information content (AvgIpc) is 2.43. The molecule has 0 heterocycles. The minimum Gasteiger partial charge on any atom is -0.457 e. The molecule has 100 valence electrons. The molecule has 0 fully saturated rings. The van der Waals surface area contributed by atoms with Gasteiger partial charge in [0, 0.05) is 10.9 Å². The molecule has 0 atom stereocenters. The van der Waals surface area contributed by atoms with Crippen molar-refractivity contribution in [2.75, 3.05) is 0 Å². The predicted octanol–water partition coefficient (Wildman–Crippen LogP) is 5.74. The number of halogens is 2. The molecule has 3 heteroatoms. The topological polar surface area (TPSA) is 9.23 Å². The molecule has 0 bridgehead atoms. The smallest absolute Gasteiger partial charge is 0.130 e. The Morgan fingerprint density at radius 1 is 1.11 bits per heavy atom. The van der Waals surface area contributed by atoms with Crippen LogP contribution in [0.1, 0.15) is 23.6 Å². The van der Waals surface area contributed by atoms with E-state index in [0.717, 1.165) is 39.6 Å². The lowest BCUT2D eigenvalue weighted by molar-refractivity contribution is 0.478. The minimum absolute atomic E-state index is 0.484. The molecule has 2 aromatic carbocycles. The van der Waals surface area contributed by atoms with Crippen LogP contribution in [0.2, 0.25) is 5.02 Å². The largest absolute Gasteiger partial charge is 0.457 e. The molecule has 0 spiro atoms. The van der Waals surface area contributed by atoms with Crippen LogP contribution in [-0.2, 0) is 12.3 Å². The van der Waals surface area contributed by atoms with Gasteiger partial charge in [0.25, 0.3) is 0 Å². The van der Waals surface area contributed by atoms with Crippen LogP contribution in [-0.4, -0.2) is 0 Å². The Bertz CT molecular complexity index is 579. The third-order valence-corrected chi connectivity index (χ3v) is 3.71. The van der Waals surface area contributed by atoms with Gasteiger partial charge in [-0.25, -0.2) is 0 Å². The van der Waals surface area contributed by atoms with Crippen LogP contribution in [0.25, 0.3) is 0 Å². The lowest BCUT2D eigenvalue weighted by atomic mass is 10.1. The van der Waals surface area contributed by atoms with E-state index in [2.05, 4.69) is 6.92 Å². The third kappa shape index (κ3) is 3.43. The monoisotopic (exact) mass is 294 g/mol. The summed E-state index contributed by atoms with van der Waals surface area (Å²) in [6.45, 7) is 4.09. The zero-order valence-electron chi connectivity index (χ0n) is 11.0. The maximum Gasteiger partial charge on any atom is 0.130 e. The number of ether oxygens (including phenoxy) is 1. The second-order valence-corrected chi connectivity index (χ2v) is 5.12. The number of benzene rings is 2. The molecule has 0 aliphatic heterocycles. The van der Waals surface area contributed by atoms with Crippen molar-refractivity contribution in [3.05, 3.63) is 58.1 Å². The van der Waals surface area contributed by atoms with Gasteiger partial charge in [-0.05, 0) is 54.3 Å². The normalized spacial score (nSPS) is 10.5. The Kier molecular flexibility index (Phi) is 4.73. The van der Waals surface area contributed by atoms with E-state index >= 15 is 0 Å². The van der Waals surface area contributed by atoms with Crippen LogP contribution in [0, 0.1) is 6.92 Å². The number of alkyl halides is 1. The number of hydrogen-bond donors (Lipinski definition) is 0. The molecule has 2 aromatic rings. The molecule has 19 heavy (non-hydrogen) atoms. The predicted molar refractivity (Wildman–Crippen MR) is 81.6 cm³/mol. The average molecular weight is 295 g/mol. The van der Waals surface area contributed by atoms with Gasteiger partial charge in [0.2, 0.25) is 0 Å². The lowest BCUT2D eigenvalue weighted by Gasteiger charge is -2.11. The van der Waals surface area contributed by atoms with Gasteiger partial charge in [-0.1, -0.05) is 30.7 Å². The molecule has 0 saturated heterocycles. The summed E-state index contributed by atoms with van der Waals surface area (Å²) in [7, 11) is 0. The standard InChI is InChI=1S/C16H16Cl2O/c1-3-13-9-14(6-7-15(13)18)19-16-8-12(10-17)5-4-11(16)2/h4-9H,3,10H2,1-2H3. The maximum absolute atomic E-state index is 6.11. The van der Waals surface area contributed by atoms with Crippen molar-refractivity contribution in [3.8, 4) is 11.5 Å². The molecule has 2 rings (SSSR count). The fraction of sp³-hybridized carbons (Fsp3) is 0.250. The van der Waals surface area contributed by atoms with E-state index in [1.165, 1.54) is 0 Å². The molecule has 0 N–H and O–H groups in total. The van der Waals surface area contributed by atoms with Gasteiger partial charge in [0.1, 0.15) is 11.5 Å². The Hall–Kier alpha value is -1.18. The summed E-state index contributed by atoms with van der Waals surface area (Å²) in [5.41, 5.74) is 3.22. The van der Waals surface area contributed by atoms with Crippen LogP contribution in [0.4, 0.5) is 0 Å². The third-order valence-electron chi connectivity index (χ3n) is 3.03. The van der Waals surface area contributed by atoms with Crippen molar-refractivity contribution < 1.29 is 4.74 Å². The minimum atomic E-state index is 0.484. The van der Waals surface area contributed by atoms with Gasteiger partial charge in [-0.3, -0.25) is 0 Å². The molecular weight excluding hydrogens is 279 g/mol. The molecule has 0 amide bonds. The summed E-state index contributed by atoms with van der Waals surface area (Å²) in [5.74, 6) is 2.12. The molecule has 1 nitrogen and oxygen atoms in total. The molecule has 0 unspecified atom stereocenters. The second kappa shape index (κ2) is 6.31. The van der Waals surface area contributed by atoms with E-state index in [1.54, 1.807) is 0 Å². The summed E-state index contributed by atoms with van der Waals surface area (Å²) >= 11 is 12.0. The van der Waals surface area contributed by atoms with Gasteiger partial charge >= 0.3 is 0 Å². The summed E-state index contributed by atoms with van der Waals surface area (Å²) in [4.78, 5) is 0. The SMILES string of the molecule is CCc1cc(Oc2cc(CCl)ccc2C)ccc1Cl. The fourth-order valence-electron chi connectivity index (χ4n) is 1.85. The molecule has 0 aliphatic rings. The highest BCUT2D eigenvalue weighted by atomic mass is 35.5. The Morgan fingerprint density at radius 3 is 2.58 bits per heavy atom. The summed E-state index contributed by atoms with van der Waals surface area (Å²) < 4.78 is 5.93. The van der Waals surface area contributed by atoms with Crippen LogP contribution < -0.4 is 4.74 Å². The maximum atomic E-state index is 6.11. The number of hydrogen-bond acceptors (Lipinski definition) is 1. The van der Waals surface area contributed by atoms with Crippen LogP contribution in [0.5, 0.6) is 11.5 Å². The Labute approximate surface area is 124 Å². The van der Waals surface area contributed by atoms with Crippen LogP contribution >= 0.6 is 23.2 Å². The molecule has 0 aliphatic carbocycles. The van der Waals surface area contributed by atoms with E-state index in [9.17, 15) is 0 Å². The molecular formula is C16H16Cl2O. The zero-order chi connectivity index (χ0) is 13.8. The fourth-order valence-corrected chi connectivity index (χ4v) is 2.27. The molecule has 0 saturated carbocycles. The van der Waals surface area contributed by atoms with Crippen LogP contribution in [0.15, 0.2) is 36.4 Å². The molecule has 0 radical (unpaired) electrons. The highest BCUT2D eigenvalue weighted by molar-refractivity contribution is 6.31. The first-order chi connectivity index (χ1) is 9.13. The first kappa shape index (κ1) is 14.2. The van der Waals surface area contributed by atoms with Crippen molar-refractivity contribution in [2.24, 2.45) is 0 Å². The van der Waals surface area contributed by atoms with E-state index in [-0.39, 0.29) is 0 Å². The summed E-state index contributed by atoms with van der Waals surface area (Å²) in [6, 6.07) is 11.7. The quantitative estimate of drug-likeness (QED) is 0.653. The van der Waals surface area contributed by atoms with Crippen molar-refractivity contribution in [3.63, 3.8) is 0 Å². The highest BCUT2D eigenvalue weighted by Gasteiger charge is 2.05. The van der Waals surface area contributed by atoms with Gasteiger partial charge in [-0.15, -0.1) is 11.6 Å². The van der Waals surface area contributed by atoms with Crippen molar-refractivity contribution >= 4 is 23.2 Å². The number of rotatable bonds is 4. The lowest BCUT2D eigenvalue weighted by Crippen LogP contribution is -1.91. The number of aryl methyl sites for hydroxylation is 2. The van der Waals surface area contributed by atoms with Gasteiger partial charge < -0.3 is 4.74 Å². The molecule has 0 aromatic heterocycles. The van der Waals surface area contributed by atoms with Crippen molar-refractivity contribution in [2.45, 2.75) is 26.1 Å². The summed E-state index contributed by atoms with van der Waals surface area (Å²) in [6.07, 6.45) is 0.886. The highest BCUT2D eigenvalue weighted by Crippen LogP contribution is 2.29. The Balaban J connectivity index is 2.30. The van der Waals surface area contributed by atoms with Crippen molar-refractivity contribution in [1.82, 2.24) is 0 Å². The first-order valence-corrected chi connectivity index (χ1v) is 7.17. The summed E-state index contributed by atoms with van der Waals surface area (Å²) in [5, 5.41) is 0.779. The van der Waals surface area contributed by atoms with E-state index < -0.39 is 0 Å². The van der Waals surface area contributed by atoms with E-state index in [0.29, 0.717) is 5.88 Å². The van der Waals surface area contributed by atoms with Gasteiger partial charge in [0.05, 0.1) is 0 Å². The van der Waals surface area contributed by atoms with Crippen LogP contribution in [0.3, 0.4) is 0 Å². The zero-order valence-corrected chi connectivity index (χ0v) is 12.6. The van der Waals surface area contributed by atoms with Gasteiger partial charge in [-0.2, -0.15) is 0 Å². The van der Waals surface area contributed by atoms with E-state index in [4.69, 9.17) is 27.9 Å². The van der Waals surface area contributed by atoms with Gasteiger partial charge in [0.15, 0.2) is 0 Å². The first-order valence-electron chi connectivity index (χ1n) is 6.25. The van der Waals surface area contributed by atoms with E-state index in [1.807, 2.05) is 43.3 Å². The van der Waals surface area contributed by atoms with Crippen molar-refractivity contribution in [1.29, 1.82) is 0 Å².